The summed E-state index contributed by atoms with van der Waals surface area (Å²) in [5.41, 5.74) is 2.95. The number of ether oxygens (including phenoxy) is 2. The van der Waals surface area contributed by atoms with Gasteiger partial charge in [-0.15, -0.1) is 0 Å². The van der Waals surface area contributed by atoms with E-state index in [0.29, 0.717) is 24.8 Å². The predicted octanol–water partition coefficient (Wildman–Crippen LogP) is 3.53. The van der Waals surface area contributed by atoms with E-state index in [1.165, 1.54) is 5.56 Å². The first-order valence-electron chi connectivity index (χ1n) is 9.56. The predicted molar refractivity (Wildman–Crippen MR) is 105 cm³/mol. The molecule has 28 heavy (non-hydrogen) atoms. The van der Waals surface area contributed by atoms with Crippen LogP contribution in [0.15, 0.2) is 42.5 Å². The number of fused-ring (bicyclic) bond motifs is 1. The molecule has 6 heteroatoms. The third kappa shape index (κ3) is 3.81. The zero-order chi connectivity index (χ0) is 19.7. The number of carbonyl (C=O) groups is 2. The van der Waals surface area contributed by atoms with Gasteiger partial charge in [0.25, 0.3) is 0 Å². The van der Waals surface area contributed by atoms with Crippen LogP contribution in [0.2, 0.25) is 0 Å². The highest BCUT2D eigenvalue weighted by atomic mass is 16.7. The molecular weight excluding hydrogens is 356 g/mol. The van der Waals surface area contributed by atoms with Crippen molar-refractivity contribution in [1.29, 1.82) is 0 Å². The van der Waals surface area contributed by atoms with Gasteiger partial charge in [-0.2, -0.15) is 0 Å². The molecule has 2 aliphatic rings. The first-order valence-corrected chi connectivity index (χ1v) is 9.56. The van der Waals surface area contributed by atoms with Gasteiger partial charge in [0.15, 0.2) is 11.5 Å². The monoisotopic (exact) mass is 380 g/mol. The second-order valence-electron chi connectivity index (χ2n) is 7.63. The molecule has 0 radical (unpaired) electrons. The second-order valence-corrected chi connectivity index (χ2v) is 7.63. The zero-order valence-corrected chi connectivity index (χ0v) is 16.1. The minimum Gasteiger partial charge on any atom is -0.454 e. The summed E-state index contributed by atoms with van der Waals surface area (Å²) in [4.78, 5) is 26.7. The van der Waals surface area contributed by atoms with Crippen molar-refractivity contribution in [2.45, 2.75) is 32.7 Å². The fraction of sp³-hybridized carbons (Fsp3) is 0.364. The molecule has 2 aromatic carbocycles. The van der Waals surface area contributed by atoms with E-state index in [-0.39, 0.29) is 30.9 Å². The van der Waals surface area contributed by atoms with Gasteiger partial charge in [0.05, 0.1) is 5.92 Å². The van der Waals surface area contributed by atoms with Crippen LogP contribution in [0, 0.1) is 5.92 Å². The Bertz CT molecular complexity index is 892. The first kappa shape index (κ1) is 18.3. The summed E-state index contributed by atoms with van der Waals surface area (Å²) in [7, 11) is 0. The van der Waals surface area contributed by atoms with Crippen LogP contribution in [0.4, 0.5) is 5.69 Å². The van der Waals surface area contributed by atoms with Crippen LogP contribution in [0.1, 0.15) is 37.3 Å². The van der Waals surface area contributed by atoms with Gasteiger partial charge in [0.1, 0.15) is 0 Å². The third-order valence-corrected chi connectivity index (χ3v) is 5.24. The molecule has 4 rings (SSSR count). The molecule has 2 heterocycles. The molecule has 6 nitrogen and oxygen atoms in total. The van der Waals surface area contributed by atoms with Gasteiger partial charge in [-0.25, -0.2) is 0 Å². The summed E-state index contributed by atoms with van der Waals surface area (Å²) in [6.45, 7) is 5.37. The number of amides is 2. The molecule has 2 aliphatic heterocycles. The van der Waals surface area contributed by atoms with E-state index in [2.05, 4.69) is 19.2 Å². The molecule has 1 saturated heterocycles. The smallest absolute Gasteiger partial charge is 0.231 e. The number of carbonyl (C=O) groups excluding carboxylic acids is 2. The summed E-state index contributed by atoms with van der Waals surface area (Å²) >= 11 is 0. The number of hydrogen-bond donors (Lipinski definition) is 1. The maximum absolute atomic E-state index is 12.6. The minimum absolute atomic E-state index is 0.00651. The Morgan fingerprint density at radius 3 is 2.64 bits per heavy atom. The molecule has 0 aliphatic carbocycles. The van der Waals surface area contributed by atoms with Crippen LogP contribution in [0.3, 0.4) is 0 Å². The van der Waals surface area contributed by atoms with Crippen molar-refractivity contribution < 1.29 is 19.1 Å². The van der Waals surface area contributed by atoms with Crippen molar-refractivity contribution >= 4 is 17.5 Å². The average molecular weight is 380 g/mol. The number of nitrogens with one attached hydrogen (secondary N) is 1. The third-order valence-electron chi connectivity index (χ3n) is 5.24. The maximum atomic E-state index is 12.6. The summed E-state index contributed by atoms with van der Waals surface area (Å²) in [5.74, 6) is 1.40. The zero-order valence-electron chi connectivity index (χ0n) is 16.1. The molecular formula is C22H24N2O4. The van der Waals surface area contributed by atoms with Crippen molar-refractivity contribution in [2.24, 2.45) is 5.92 Å². The molecule has 1 atom stereocenters. The van der Waals surface area contributed by atoms with E-state index in [1.54, 1.807) is 4.90 Å². The molecule has 0 aromatic heterocycles. The second kappa shape index (κ2) is 7.54. The normalized spacial score (nSPS) is 18.0. The van der Waals surface area contributed by atoms with Crippen molar-refractivity contribution in [1.82, 2.24) is 4.90 Å². The Kier molecular flexibility index (Phi) is 4.94. The Labute approximate surface area is 164 Å². The quantitative estimate of drug-likeness (QED) is 0.862. The van der Waals surface area contributed by atoms with Crippen LogP contribution in [-0.4, -0.2) is 30.1 Å². The molecule has 1 unspecified atom stereocenters. The largest absolute Gasteiger partial charge is 0.454 e. The lowest BCUT2D eigenvalue weighted by Crippen LogP contribution is -2.28. The van der Waals surface area contributed by atoms with E-state index in [9.17, 15) is 9.59 Å². The Morgan fingerprint density at radius 1 is 1.14 bits per heavy atom. The summed E-state index contributed by atoms with van der Waals surface area (Å²) in [6, 6.07) is 13.5. The Morgan fingerprint density at radius 2 is 1.89 bits per heavy atom. The molecule has 2 aromatic rings. The molecule has 0 bridgehead atoms. The van der Waals surface area contributed by atoms with Gasteiger partial charge >= 0.3 is 0 Å². The fourth-order valence-electron chi connectivity index (χ4n) is 3.56. The van der Waals surface area contributed by atoms with E-state index < -0.39 is 0 Å². The molecule has 1 N–H and O–H groups in total. The van der Waals surface area contributed by atoms with Gasteiger partial charge in [-0.1, -0.05) is 32.0 Å². The average Bonchev–Trinajstić information content (AvgIpc) is 3.28. The van der Waals surface area contributed by atoms with Crippen molar-refractivity contribution in [3.05, 3.63) is 53.6 Å². The lowest BCUT2D eigenvalue weighted by molar-refractivity contribution is -0.128. The number of likely N-dealkylation sites (tertiary alicyclic amines) is 1. The minimum atomic E-state index is -0.341. The number of hydrogen-bond acceptors (Lipinski definition) is 4. The van der Waals surface area contributed by atoms with E-state index in [4.69, 9.17) is 9.47 Å². The van der Waals surface area contributed by atoms with Crippen molar-refractivity contribution in [2.75, 3.05) is 18.7 Å². The van der Waals surface area contributed by atoms with Gasteiger partial charge in [0, 0.05) is 25.2 Å². The van der Waals surface area contributed by atoms with Crippen LogP contribution in [0.25, 0.3) is 0 Å². The molecule has 1 fully saturated rings. The highest BCUT2D eigenvalue weighted by molar-refractivity contribution is 5.97. The van der Waals surface area contributed by atoms with Crippen LogP contribution >= 0.6 is 0 Å². The van der Waals surface area contributed by atoms with E-state index in [0.717, 1.165) is 17.0 Å². The molecule has 0 saturated carbocycles. The highest BCUT2D eigenvalue weighted by Gasteiger charge is 2.34. The molecule has 0 spiro atoms. The highest BCUT2D eigenvalue weighted by Crippen LogP contribution is 2.33. The molecule has 2 amide bonds. The van der Waals surface area contributed by atoms with Crippen molar-refractivity contribution in [3.8, 4) is 11.5 Å². The number of benzene rings is 2. The number of nitrogens with zero attached hydrogens (tertiary/aromatic N) is 1. The van der Waals surface area contributed by atoms with Gasteiger partial charge in [-0.05, 0) is 41.3 Å². The standard InChI is InChI=1S/C22H24N2O4/c1-14(2)16-4-6-18(7-5-16)23-22(26)17-10-21(25)24(12-17)11-15-3-8-19-20(9-15)28-13-27-19/h3-9,14,17H,10-13H2,1-2H3,(H,23,26). The lowest BCUT2D eigenvalue weighted by atomic mass is 10.0. The first-order chi connectivity index (χ1) is 13.5. The summed E-state index contributed by atoms with van der Waals surface area (Å²) < 4.78 is 10.7. The van der Waals surface area contributed by atoms with E-state index in [1.807, 2.05) is 42.5 Å². The summed E-state index contributed by atoms with van der Waals surface area (Å²) in [6.07, 6.45) is 0.237. The Hall–Kier alpha value is -3.02. The van der Waals surface area contributed by atoms with Crippen molar-refractivity contribution in [3.63, 3.8) is 0 Å². The van der Waals surface area contributed by atoms with Gasteiger partial charge in [0.2, 0.25) is 18.6 Å². The van der Waals surface area contributed by atoms with Crippen LogP contribution in [-0.2, 0) is 16.1 Å². The van der Waals surface area contributed by atoms with Crippen LogP contribution < -0.4 is 14.8 Å². The SMILES string of the molecule is CC(C)c1ccc(NC(=O)C2CC(=O)N(Cc3ccc4c(c3)OCO4)C2)cc1. The van der Waals surface area contributed by atoms with Crippen LogP contribution in [0.5, 0.6) is 11.5 Å². The molecule has 146 valence electrons. The van der Waals surface area contributed by atoms with E-state index >= 15 is 0 Å². The lowest BCUT2D eigenvalue weighted by Gasteiger charge is -2.17. The number of rotatable bonds is 5. The Balaban J connectivity index is 1.36. The van der Waals surface area contributed by atoms with Gasteiger partial charge in [-0.3, -0.25) is 9.59 Å². The van der Waals surface area contributed by atoms with Gasteiger partial charge < -0.3 is 19.7 Å². The topological polar surface area (TPSA) is 67.9 Å². The summed E-state index contributed by atoms with van der Waals surface area (Å²) in [5, 5.41) is 2.93. The maximum Gasteiger partial charge on any atom is 0.231 e. The number of anilines is 1. The fourth-order valence-corrected chi connectivity index (χ4v) is 3.56.